The predicted molar refractivity (Wildman–Crippen MR) is 108 cm³/mol. The van der Waals surface area contributed by atoms with E-state index in [1.165, 1.54) is 20.4 Å². The van der Waals surface area contributed by atoms with Crippen molar-refractivity contribution in [2.75, 3.05) is 53.5 Å². The van der Waals surface area contributed by atoms with Crippen molar-refractivity contribution < 1.29 is 41.4 Å². The van der Waals surface area contributed by atoms with Crippen molar-refractivity contribution in [3.8, 4) is 0 Å². The van der Waals surface area contributed by atoms with Gasteiger partial charge in [0, 0.05) is 27.0 Å². The highest BCUT2D eigenvalue weighted by Crippen LogP contribution is 2.46. The molecule has 28 heavy (non-hydrogen) atoms. The third kappa shape index (κ3) is 15.1. The monoisotopic (exact) mass is 448 g/mol. The van der Waals surface area contributed by atoms with E-state index in [1.54, 1.807) is 13.8 Å². The molecule has 170 valence electrons. The summed E-state index contributed by atoms with van der Waals surface area (Å²) in [7, 11) is -5.08. The Balaban J connectivity index is 4.45. The molecule has 4 atom stereocenters. The summed E-state index contributed by atoms with van der Waals surface area (Å²) in [4.78, 5) is 0. The van der Waals surface area contributed by atoms with Gasteiger partial charge in [-0.15, -0.1) is 0 Å². The molecule has 0 rings (SSSR count). The van der Waals surface area contributed by atoms with Crippen LogP contribution in [0, 0.1) is 0 Å². The van der Waals surface area contributed by atoms with E-state index in [1.807, 2.05) is 20.8 Å². The summed E-state index contributed by atoms with van der Waals surface area (Å²) in [5.41, 5.74) is 0. The summed E-state index contributed by atoms with van der Waals surface area (Å²) in [6.07, 6.45) is -1.09. The molecule has 0 aromatic rings. The molecule has 0 spiro atoms. The second-order valence-electron chi connectivity index (χ2n) is 6.90. The lowest BCUT2D eigenvalue weighted by molar-refractivity contribution is -0.0515. The molecule has 0 saturated heterocycles. The van der Waals surface area contributed by atoms with Crippen LogP contribution in [-0.2, 0) is 41.4 Å². The summed E-state index contributed by atoms with van der Waals surface area (Å²) >= 11 is 0. The van der Waals surface area contributed by atoms with Crippen molar-refractivity contribution in [3.05, 3.63) is 0 Å². The van der Waals surface area contributed by atoms with E-state index >= 15 is 0 Å². The molecule has 0 aliphatic carbocycles. The zero-order valence-electron chi connectivity index (χ0n) is 18.4. The molecule has 11 heteroatoms. The molecule has 0 saturated carbocycles. The van der Waals surface area contributed by atoms with Gasteiger partial charge in [0.1, 0.15) is 12.2 Å². The van der Waals surface area contributed by atoms with Crippen LogP contribution in [0.25, 0.3) is 0 Å². The van der Waals surface area contributed by atoms with E-state index in [-0.39, 0.29) is 38.1 Å². The number of methoxy groups -OCH3 is 1. The first-order valence-corrected chi connectivity index (χ1v) is 13.4. The van der Waals surface area contributed by atoms with Gasteiger partial charge in [-0.05, 0) is 34.6 Å². The van der Waals surface area contributed by atoms with Crippen LogP contribution in [-0.4, -0.2) is 77.9 Å². The first-order valence-electron chi connectivity index (χ1n) is 9.43. The van der Waals surface area contributed by atoms with E-state index in [0.29, 0.717) is 13.2 Å². The first kappa shape index (κ1) is 28.2. The van der Waals surface area contributed by atoms with Gasteiger partial charge in [0.15, 0.2) is 0 Å². The average molecular weight is 448 g/mol. The van der Waals surface area contributed by atoms with Crippen molar-refractivity contribution in [2.24, 2.45) is 0 Å². The lowest BCUT2D eigenvalue weighted by atomic mass is 10.4. The molecule has 0 aliphatic heterocycles. The SMILES string of the molecule is CCOC(COC(C)C)COP(C)(=O)OCC(COP(C)(=O)OC(C)C)OC. The third-order valence-corrected chi connectivity index (χ3v) is 5.90. The Labute approximate surface area is 169 Å². The Morgan fingerprint density at radius 2 is 1.21 bits per heavy atom. The molecule has 0 aromatic carbocycles. The lowest BCUT2D eigenvalue weighted by Gasteiger charge is -2.23. The summed E-state index contributed by atoms with van der Waals surface area (Å²) in [6, 6.07) is 0. The topological polar surface area (TPSA) is 98.8 Å². The van der Waals surface area contributed by atoms with Gasteiger partial charge in [0.25, 0.3) is 0 Å². The van der Waals surface area contributed by atoms with Crippen molar-refractivity contribution in [2.45, 2.75) is 59.0 Å². The van der Waals surface area contributed by atoms with Gasteiger partial charge in [-0.25, -0.2) is 0 Å². The highest BCUT2D eigenvalue weighted by Gasteiger charge is 2.25. The quantitative estimate of drug-likeness (QED) is 0.306. The Morgan fingerprint density at radius 1 is 0.714 bits per heavy atom. The largest absolute Gasteiger partial charge is 0.377 e. The summed E-state index contributed by atoms with van der Waals surface area (Å²) in [6.45, 7) is 12.8. The van der Waals surface area contributed by atoms with Crippen LogP contribution >= 0.6 is 15.2 Å². The molecule has 0 bridgehead atoms. The molecular formula is C17H38O9P2. The van der Waals surface area contributed by atoms with Gasteiger partial charge in [-0.2, -0.15) is 0 Å². The smallest absolute Gasteiger partial charge is 0.327 e. The van der Waals surface area contributed by atoms with Crippen LogP contribution in [0.3, 0.4) is 0 Å². The van der Waals surface area contributed by atoms with Gasteiger partial charge >= 0.3 is 15.2 Å². The van der Waals surface area contributed by atoms with E-state index in [2.05, 4.69) is 0 Å². The molecule has 4 unspecified atom stereocenters. The molecule has 0 aromatic heterocycles. The van der Waals surface area contributed by atoms with Crippen LogP contribution in [0.2, 0.25) is 0 Å². The molecule has 0 aliphatic rings. The Hall–Kier alpha value is 0.180. The third-order valence-electron chi connectivity index (χ3n) is 3.24. The molecule has 0 heterocycles. The Bertz CT molecular complexity index is 499. The predicted octanol–water partition coefficient (Wildman–Crippen LogP) is 3.95. The average Bonchev–Trinajstić information content (AvgIpc) is 2.56. The van der Waals surface area contributed by atoms with E-state index in [9.17, 15) is 9.13 Å². The molecule has 9 nitrogen and oxygen atoms in total. The lowest BCUT2D eigenvalue weighted by Crippen LogP contribution is -2.27. The van der Waals surface area contributed by atoms with Gasteiger partial charge in [-0.3, -0.25) is 9.13 Å². The molecule has 0 N–H and O–H groups in total. The highest BCUT2D eigenvalue weighted by atomic mass is 31.2. The number of hydrogen-bond donors (Lipinski definition) is 0. The summed E-state index contributed by atoms with van der Waals surface area (Å²) in [5.74, 6) is 0. The van der Waals surface area contributed by atoms with Crippen LogP contribution in [0.5, 0.6) is 0 Å². The summed E-state index contributed by atoms with van der Waals surface area (Å²) in [5, 5.41) is 0. The van der Waals surface area contributed by atoms with E-state index < -0.39 is 21.3 Å². The maximum absolute atomic E-state index is 12.5. The molecule has 0 radical (unpaired) electrons. The van der Waals surface area contributed by atoms with Crippen LogP contribution in [0.4, 0.5) is 0 Å². The maximum Gasteiger partial charge on any atom is 0.327 e. The minimum atomic E-state index is -3.34. The fourth-order valence-electron chi connectivity index (χ4n) is 1.97. The van der Waals surface area contributed by atoms with Crippen molar-refractivity contribution >= 4 is 15.2 Å². The standard InChI is InChI=1S/C17H38O9P2/c1-9-21-17(10-22-14(2)3)13-24-27(7,18)23-11-16(20-6)12-25-28(8,19)26-15(4)5/h14-17H,9-13H2,1-8H3. The van der Waals surface area contributed by atoms with Crippen LogP contribution < -0.4 is 0 Å². The van der Waals surface area contributed by atoms with Crippen LogP contribution in [0.1, 0.15) is 34.6 Å². The van der Waals surface area contributed by atoms with E-state index in [0.717, 1.165) is 0 Å². The fourth-order valence-corrected chi connectivity index (χ4v) is 4.18. The van der Waals surface area contributed by atoms with Gasteiger partial charge in [-0.1, -0.05) is 0 Å². The number of rotatable bonds is 17. The van der Waals surface area contributed by atoms with Gasteiger partial charge in [0.05, 0.1) is 38.6 Å². The van der Waals surface area contributed by atoms with Crippen LogP contribution in [0.15, 0.2) is 0 Å². The molecule has 0 amide bonds. The van der Waals surface area contributed by atoms with Crippen molar-refractivity contribution in [1.82, 2.24) is 0 Å². The Kier molecular flexibility index (Phi) is 14.3. The molecule has 0 fully saturated rings. The highest BCUT2D eigenvalue weighted by molar-refractivity contribution is 7.53. The first-order chi connectivity index (χ1) is 12.9. The van der Waals surface area contributed by atoms with E-state index in [4.69, 9.17) is 32.3 Å². The second-order valence-corrected chi connectivity index (χ2v) is 11.0. The fraction of sp³-hybridized carbons (Fsp3) is 1.00. The Morgan fingerprint density at radius 3 is 1.64 bits per heavy atom. The number of hydrogen-bond acceptors (Lipinski definition) is 9. The zero-order valence-corrected chi connectivity index (χ0v) is 20.2. The number of ether oxygens (including phenoxy) is 3. The maximum atomic E-state index is 12.5. The summed E-state index contributed by atoms with van der Waals surface area (Å²) < 4.78 is 62.3. The molecular weight excluding hydrogens is 410 g/mol. The van der Waals surface area contributed by atoms with Gasteiger partial charge < -0.3 is 32.3 Å². The minimum Gasteiger partial charge on any atom is -0.377 e. The normalized spacial score (nSPS) is 18.8. The minimum absolute atomic E-state index is 0.0270. The zero-order chi connectivity index (χ0) is 21.8. The second kappa shape index (κ2) is 14.2. The van der Waals surface area contributed by atoms with Crippen molar-refractivity contribution in [1.29, 1.82) is 0 Å². The van der Waals surface area contributed by atoms with Gasteiger partial charge in [0.2, 0.25) is 0 Å². The van der Waals surface area contributed by atoms with Crippen molar-refractivity contribution in [3.63, 3.8) is 0 Å².